The van der Waals surface area contributed by atoms with E-state index in [4.69, 9.17) is 22.1 Å². The Bertz CT molecular complexity index is 791. The summed E-state index contributed by atoms with van der Waals surface area (Å²) in [7, 11) is 1.54. The number of fused-ring (bicyclic) bond motifs is 1. The third-order valence-corrected chi connectivity index (χ3v) is 3.15. The molecule has 3 rings (SSSR count). The fourth-order valence-electron chi connectivity index (χ4n) is 1.96. The predicted molar refractivity (Wildman–Crippen MR) is 83.0 cm³/mol. The number of hydrogen-bond acceptors (Lipinski definition) is 6. The molecule has 0 spiro atoms. The topological polar surface area (TPSA) is 86.0 Å². The van der Waals surface area contributed by atoms with E-state index in [1.807, 2.05) is 12.1 Å². The molecule has 0 aliphatic rings. The number of aromatic nitrogens is 3. The quantitative estimate of drug-likeness (QED) is 0.773. The van der Waals surface area contributed by atoms with E-state index in [0.29, 0.717) is 22.2 Å². The highest BCUT2D eigenvalue weighted by atomic mass is 35.5. The zero-order valence-electron chi connectivity index (χ0n) is 11.2. The van der Waals surface area contributed by atoms with Crippen molar-refractivity contribution in [1.82, 2.24) is 15.0 Å². The average Bonchev–Trinajstić information content (AvgIpc) is 2.49. The largest absolute Gasteiger partial charge is 0.480 e. The van der Waals surface area contributed by atoms with Crippen LogP contribution in [0.5, 0.6) is 5.88 Å². The van der Waals surface area contributed by atoms with Crippen molar-refractivity contribution in [3.63, 3.8) is 0 Å². The number of nitrogens with zero attached hydrogens (tertiary/aromatic N) is 3. The SMILES string of the molecule is COc1nc(N)nc2c(Nc3ccc(Cl)cc3)nccc12. The molecule has 0 atom stereocenters. The first-order valence-electron chi connectivity index (χ1n) is 6.16. The van der Waals surface area contributed by atoms with E-state index in [1.54, 1.807) is 24.4 Å². The highest BCUT2D eigenvalue weighted by Gasteiger charge is 2.11. The first-order chi connectivity index (χ1) is 10.2. The van der Waals surface area contributed by atoms with Crippen molar-refractivity contribution in [2.45, 2.75) is 0 Å². The molecule has 3 N–H and O–H groups in total. The van der Waals surface area contributed by atoms with Gasteiger partial charge in [-0.2, -0.15) is 4.98 Å². The summed E-state index contributed by atoms with van der Waals surface area (Å²) in [5, 5.41) is 4.58. The summed E-state index contributed by atoms with van der Waals surface area (Å²) in [4.78, 5) is 12.6. The monoisotopic (exact) mass is 301 g/mol. The Morgan fingerprint density at radius 1 is 1.14 bits per heavy atom. The maximum atomic E-state index is 5.87. The lowest BCUT2D eigenvalue weighted by Crippen LogP contribution is -2.02. The van der Waals surface area contributed by atoms with Crippen molar-refractivity contribution in [2.75, 3.05) is 18.2 Å². The molecular formula is C14H12ClN5O. The van der Waals surface area contributed by atoms with Crippen LogP contribution < -0.4 is 15.8 Å². The van der Waals surface area contributed by atoms with Crippen LogP contribution in [0.25, 0.3) is 10.9 Å². The van der Waals surface area contributed by atoms with Crippen LogP contribution in [0.4, 0.5) is 17.5 Å². The molecule has 0 bridgehead atoms. The Labute approximate surface area is 126 Å². The van der Waals surface area contributed by atoms with Gasteiger partial charge in [0, 0.05) is 16.9 Å². The molecule has 0 aliphatic heterocycles. The van der Waals surface area contributed by atoms with Crippen molar-refractivity contribution < 1.29 is 4.74 Å². The summed E-state index contributed by atoms with van der Waals surface area (Å²) in [6.45, 7) is 0. The van der Waals surface area contributed by atoms with Crippen LogP contribution in [0.3, 0.4) is 0 Å². The van der Waals surface area contributed by atoms with E-state index in [2.05, 4.69) is 20.3 Å². The van der Waals surface area contributed by atoms with E-state index in [1.165, 1.54) is 7.11 Å². The minimum Gasteiger partial charge on any atom is -0.480 e. The molecule has 0 saturated carbocycles. The normalized spacial score (nSPS) is 10.6. The number of nitrogens with two attached hydrogens (primary N) is 1. The number of ether oxygens (including phenoxy) is 1. The number of benzene rings is 1. The van der Waals surface area contributed by atoms with Gasteiger partial charge < -0.3 is 15.8 Å². The van der Waals surface area contributed by atoms with Crippen molar-refractivity contribution in [3.8, 4) is 5.88 Å². The lowest BCUT2D eigenvalue weighted by atomic mass is 10.2. The number of hydrogen-bond donors (Lipinski definition) is 2. The summed E-state index contributed by atoms with van der Waals surface area (Å²) in [6, 6.07) is 9.06. The third kappa shape index (κ3) is 2.66. The van der Waals surface area contributed by atoms with Gasteiger partial charge in [-0.15, -0.1) is 0 Å². The fourth-order valence-corrected chi connectivity index (χ4v) is 2.09. The Kier molecular flexibility index (Phi) is 3.45. The van der Waals surface area contributed by atoms with Gasteiger partial charge in [-0.3, -0.25) is 0 Å². The van der Waals surface area contributed by atoms with E-state index in [9.17, 15) is 0 Å². The van der Waals surface area contributed by atoms with Gasteiger partial charge in [-0.25, -0.2) is 9.97 Å². The van der Waals surface area contributed by atoms with Gasteiger partial charge in [0.25, 0.3) is 0 Å². The van der Waals surface area contributed by atoms with Crippen LogP contribution in [0.2, 0.25) is 5.02 Å². The first kappa shape index (κ1) is 13.4. The molecule has 3 aromatic rings. The molecular weight excluding hydrogens is 290 g/mol. The molecule has 21 heavy (non-hydrogen) atoms. The Morgan fingerprint density at radius 2 is 1.90 bits per heavy atom. The molecule has 6 nitrogen and oxygen atoms in total. The second-order valence-corrected chi connectivity index (χ2v) is 4.72. The average molecular weight is 302 g/mol. The van der Waals surface area contributed by atoms with Gasteiger partial charge in [0.15, 0.2) is 5.82 Å². The van der Waals surface area contributed by atoms with Crippen LogP contribution in [0.15, 0.2) is 36.5 Å². The first-order valence-corrected chi connectivity index (χ1v) is 6.54. The maximum Gasteiger partial charge on any atom is 0.226 e. The zero-order valence-corrected chi connectivity index (χ0v) is 11.9. The molecule has 2 heterocycles. The molecule has 106 valence electrons. The zero-order chi connectivity index (χ0) is 14.8. The predicted octanol–water partition coefficient (Wildman–Crippen LogP) is 3.01. The Morgan fingerprint density at radius 3 is 2.62 bits per heavy atom. The summed E-state index contributed by atoms with van der Waals surface area (Å²) in [5.74, 6) is 1.12. The Balaban J connectivity index is 2.10. The van der Waals surface area contributed by atoms with Crippen LogP contribution in [-0.2, 0) is 0 Å². The minimum atomic E-state index is 0.131. The number of anilines is 3. The summed E-state index contributed by atoms with van der Waals surface area (Å²) < 4.78 is 5.23. The molecule has 2 aromatic heterocycles. The number of pyridine rings is 1. The highest BCUT2D eigenvalue weighted by Crippen LogP contribution is 2.28. The van der Waals surface area contributed by atoms with Gasteiger partial charge >= 0.3 is 0 Å². The number of methoxy groups -OCH3 is 1. The van der Waals surface area contributed by atoms with E-state index >= 15 is 0 Å². The van der Waals surface area contributed by atoms with Gasteiger partial charge in [-0.1, -0.05) is 11.6 Å². The van der Waals surface area contributed by atoms with E-state index in [-0.39, 0.29) is 5.95 Å². The molecule has 0 fully saturated rings. The van der Waals surface area contributed by atoms with Crippen LogP contribution in [0.1, 0.15) is 0 Å². The van der Waals surface area contributed by atoms with E-state index < -0.39 is 0 Å². The lowest BCUT2D eigenvalue weighted by molar-refractivity contribution is 0.403. The third-order valence-electron chi connectivity index (χ3n) is 2.90. The van der Waals surface area contributed by atoms with E-state index in [0.717, 1.165) is 11.1 Å². The highest BCUT2D eigenvalue weighted by molar-refractivity contribution is 6.30. The van der Waals surface area contributed by atoms with Gasteiger partial charge in [0.2, 0.25) is 11.8 Å². The van der Waals surface area contributed by atoms with Gasteiger partial charge in [0.1, 0.15) is 5.52 Å². The number of halogens is 1. The molecule has 0 unspecified atom stereocenters. The molecule has 0 radical (unpaired) electrons. The maximum absolute atomic E-state index is 5.87. The molecule has 1 aromatic carbocycles. The second kappa shape index (κ2) is 5.41. The second-order valence-electron chi connectivity index (χ2n) is 4.28. The summed E-state index contributed by atoms with van der Waals surface area (Å²) in [5.41, 5.74) is 7.14. The molecule has 0 saturated heterocycles. The van der Waals surface area contributed by atoms with Crippen molar-refractivity contribution in [1.29, 1.82) is 0 Å². The minimum absolute atomic E-state index is 0.131. The van der Waals surface area contributed by atoms with Crippen LogP contribution in [0, 0.1) is 0 Å². The fraction of sp³-hybridized carbons (Fsp3) is 0.0714. The van der Waals surface area contributed by atoms with Gasteiger partial charge in [-0.05, 0) is 30.3 Å². The number of nitrogens with one attached hydrogen (secondary N) is 1. The number of nitrogen functional groups attached to an aromatic ring is 1. The number of rotatable bonds is 3. The van der Waals surface area contributed by atoms with Gasteiger partial charge in [0.05, 0.1) is 12.5 Å². The van der Waals surface area contributed by atoms with Crippen molar-refractivity contribution in [2.24, 2.45) is 0 Å². The molecule has 7 heteroatoms. The standard InChI is InChI=1S/C14H12ClN5O/c1-21-13-10-6-7-17-12(11(10)19-14(16)20-13)18-9-4-2-8(15)3-5-9/h2-7H,1H3,(H,17,18)(H2,16,19,20). The lowest BCUT2D eigenvalue weighted by Gasteiger charge is -2.10. The smallest absolute Gasteiger partial charge is 0.226 e. The van der Waals surface area contributed by atoms with Crippen LogP contribution in [-0.4, -0.2) is 22.1 Å². The molecule has 0 aliphatic carbocycles. The summed E-state index contributed by atoms with van der Waals surface area (Å²) >= 11 is 5.87. The molecule has 0 amide bonds. The Hall–Kier alpha value is -2.60. The van der Waals surface area contributed by atoms with Crippen molar-refractivity contribution in [3.05, 3.63) is 41.6 Å². The summed E-state index contributed by atoms with van der Waals surface area (Å²) in [6.07, 6.45) is 1.66. The van der Waals surface area contributed by atoms with Crippen LogP contribution >= 0.6 is 11.6 Å². The van der Waals surface area contributed by atoms with Crippen molar-refractivity contribution >= 4 is 40.0 Å².